The first-order chi connectivity index (χ1) is 16.7. The second-order valence-corrected chi connectivity index (χ2v) is 8.49. The smallest absolute Gasteiger partial charge is 0.343 e. The molecule has 0 aliphatic heterocycles. The predicted molar refractivity (Wildman–Crippen MR) is 133 cm³/mol. The maximum atomic E-state index is 13.2. The Morgan fingerprint density at radius 2 is 2.03 bits per heavy atom. The van der Waals surface area contributed by atoms with Gasteiger partial charge in [0.25, 0.3) is 5.56 Å². The van der Waals surface area contributed by atoms with E-state index in [9.17, 15) is 19.7 Å². The Balaban J connectivity index is 2.13. The summed E-state index contributed by atoms with van der Waals surface area (Å²) in [4.78, 5) is 40.3. The van der Waals surface area contributed by atoms with E-state index >= 15 is 0 Å². The molecule has 0 aliphatic rings. The molecule has 0 N–H and O–H groups in total. The number of aromatic nitrogens is 2. The number of hydrogen-bond donors (Lipinski definition) is 0. The number of ether oxygens (including phenoxy) is 3. The first kappa shape index (κ1) is 25.8. The van der Waals surface area contributed by atoms with Crippen molar-refractivity contribution in [1.82, 2.24) is 9.66 Å². The van der Waals surface area contributed by atoms with Crippen molar-refractivity contribution < 1.29 is 23.9 Å². The van der Waals surface area contributed by atoms with Crippen LogP contribution in [0.2, 0.25) is 0 Å². The van der Waals surface area contributed by atoms with Gasteiger partial charge < -0.3 is 14.2 Å². The van der Waals surface area contributed by atoms with E-state index in [2.05, 4.69) is 30.8 Å². The normalized spacial score (nSPS) is 11.3. The molecule has 0 unspecified atom stereocenters. The average Bonchev–Trinajstić information content (AvgIpc) is 2.82. The molecule has 2 aromatic carbocycles. The summed E-state index contributed by atoms with van der Waals surface area (Å²) in [7, 11) is 1.18. The minimum atomic E-state index is -0.705. The van der Waals surface area contributed by atoms with Gasteiger partial charge in [0.15, 0.2) is 12.4 Å². The molecule has 0 fully saturated rings. The number of nitro groups is 1. The highest BCUT2D eigenvalue weighted by Crippen LogP contribution is 2.38. The Kier molecular flexibility index (Phi) is 8.18. The lowest BCUT2D eigenvalue weighted by Gasteiger charge is -2.13. The highest BCUT2D eigenvalue weighted by Gasteiger charge is 2.23. The third kappa shape index (κ3) is 5.83. The summed E-state index contributed by atoms with van der Waals surface area (Å²) in [6.07, 6.45) is 1.30. The molecule has 0 bridgehead atoms. The molecule has 0 atom stereocenters. The number of nitro benzene ring substituents is 1. The number of esters is 1. The van der Waals surface area contributed by atoms with E-state index < -0.39 is 23.2 Å². The zero-order valence-electron chi connectivity index (χ0n) is 19.5. The summed E-state index contributed by atoms with van der Waals surface area (Å²) in [5.41, 5.74) is 0.00311. The monoisotopic (exact) mass is 546 g/mol. The van der Waals surface area contributed by atoms with Gasteiger partial charge in [-0.2, -0.15) is 9.78 Å². The number of carbonyl (C=O) groups is 1. The fraction of sp³-hybridized carbons (Fsp3) is 0.304. The van der Waals surface area contributed by atoms with Crippen LogP contribution in [0, 0.1) is 10.1 Å². The lowest BCUT2D eigenvalue weighted by molar-refractivity contribution is -0.385. The topological polar surface area (TPSA) is 135 Å². The minimum absolute atomic E-state index is 0.0454. The number of carbonyl (C=O) groups excluding carboxylic acids is 1. The second-order valence-electron chi connectivity index (χ2n) is 7.57. The standard InChI is InChI=1S/C23H23BrN4O7/c1-5-34-19-9-14(8-18(28(31)32)21(19)35-12-20(29)33-4)11-25-27-22(13(2)3)26-17-7-6-15(24)10-16(17)23(27)30/h6-11,13H,5,12H2,1-4H3. The first-order valence-corrected chi connectivity index (χ1v) is 11.4. The van der Waals surface area contributed by atoms with Crippen molar-refractivity contribution in [2.75, 3.05) is 20.3 Å². The Morgan fingerprint density at radius 3 is 2.66 bits per heavy atom. The first-order valence-electron chi connectivity index (χ1n) is 10.6. The van der Waals surface area contributed by atoms with Crippen LogP contribution in [0.25, 0.3) is 10.9 Å². The largest absolute Gasteiger partial charge is 0.490 e. The fourth-order valence-corrected chi connectivity index (χ4v) is 3.55. The number of methoxy groups -OCH3 is 1. The van der Waals surface area contributed by atoms with Crippen molar-refractivity contribution in [3.05, 3.63) is 66.7 Å². The van der Waals surface area contributed by atoms with Gasteiger partial charge in [-0.1, -0.05) is 29.8 Å². The molecule has 0 radical (unpaired) electrons. The Hall–Kier alpha value is -3.80. The zero-order chi connectivity index (χ0) is 25.7. The molecule has 0 amide bonds. The highest BCUT2D eigenvalue weighted by molar-refractivity contribution is 9.10. The van der Waals surface area contributed by atoms with Crippen LogP contribution in [0.4, 0.5) is 5.69 Å². The van der Waals surface area contributed by atoms with Crippen molar-refractivity contribution in [2.45, 2.75) is 26.7 Å². The van der Waals surface area contributed by atoms with Crippen molar-refractivity contribution in [3.8, 4) is 11.5 Å². The Labute approximate surface area is 208 Å². The molecule has 0 saturated heterocycles. The van der Waals surface area contributed by atoms with Gasteiger partial charge in [0, 0.05) is 22.0 Å². The molecule has 0 spiro atoms. The average molecular weight is 547 g/mol. The Morgan fingerprint density at radius 1 is 1.29 bits per heavy atom. The van der Waals surface area contributed by atoms with Crippen LogP contribution >= 0.6 is 15.9 Å². The molecule has 1 aromatic heterocycles. The van der Waals surface area contributed by atoms with Crippen LogP contribution < -0.4 is 15.0 Å². The van der Waals surface area contributed by atoms with E-state index in [4.69, 9.17) is 9.47 Å². The molecule has 35 heavy (non-hydrogen) atoms. The number of rotatable bonds is 9. The number of nitrogens with zero attached hydrogens (tertiary/aromatic N) is 4. The molecule has 0 saturated carbocycles. The van der Waals surface area contributed by atoms with E-state index in [1.54, 1.807) is 25.1 Å². The van der Waals surface area contributed by atoms with Crippen LogP contribution in [0.5, 0.6) is 11.5 Å². The van der Waals surface area contributed by atoms with Gasteiger partial charge >= 0.3 is 11.7 Å². The molecule has 3 rings (SSSR count). The molecule has 3 aromatic rings. The summed E-state index contributed by atoms with van der Waals surface area (Å²) in [5.74, 6) is -0.571. The van der Waals surface area contributed by atoms with E-state index in [1.807, 2.05) is 13.8 Å². The predicted octanol–water partition coefficient (Wildman–Crippen LogP) is 4.02. The maximum Gasteiger partial charge on any atom is 0.343 e. The number of fused-ring (bicyclic) bond motifs is 1. The van der Waals surface area contributed by atoms with E-state index in [0.717, 1.165) is 4.47 Å². The number of hydrogen-bond acceptors (Lipinski definition) is 9. The summed E-state index contributed by atoms with van der Waals surface area (Å²) in [6, 6.07) is 7.88. The summed E-state index contributed by atoms with van der Waals surface area (Å²) < 4.78 is 17.3. The van der Waals surface area contributed by atoms with Crippen LogP contribution in [0.1, 0.15) is 38.1 Å². The van der Waals surface area contributed by atoms with Crippen LogP contribution in [0.3, 0.4) is 0 Å². The summed E-state index contributed by atoms with van der Waals surface area (Å²) >= 11 is 3.36. The fourth-order valence-electron chi connectivity index (χ4n) is 3.19. The third-order valence-corrected chi connectivity index (χ3v) is 5.28. The molecule has 0 aliphatic carbocycles. The van der Waals surface area contributed by atoms with Gasteiger partial charge in [0.1, 0.15) is 5.82 Å². The molecule has 184 valence electrons. The lowest BCUT2D eigenvalue weighted by atomic mass is 10.1. The molecule has 1 heterocycles. The van der Waals surface area contributed by atoms with Gasteiger partial charge in [-0.15, -0.1) is 0 Å². The van der Waals surface area contributed by atoms with E-state index in [0.29, 0.717) is 16.7 Å². The lowest BCUT2D eigenvalue weighted by Crippen LogP contribution is -2.23. The van der Waals surface area contributed by atoms with E-state index in [-0.39, 0.29) is 35.1 Å². The molecular weight excluding hydrogens is 524 g/mol. The third-order valence-electron chi connectivity index (χ3n) is 4.79. The summed E-state index contributed by atoms with van der Waals surface area (Å²) in [5, 5.41) is 16.4. The Bertz CT molecular complexity index is 1370. The maximum absolute atomic E-state index is 13.2. The molecular formula is C23H23BrN4O7. The zero-order valence-corrected chi connectivity index (χ0v) is 21.1. The second kappa shape index (κ2) is 11.1. The van der Waals surface area contributed by atoms with E-state index in [1.165, 1.54) is 30.1 Å². The number of benzene rings is 2. The van der Waals surface area contributed by atoms with Gasteiger partial charge in [0.2, 0.25) is 5.75 Å². The van der Waals surface area contributed by atoms with Gasteiger partial charge in [-0.3, -0.25) is 14.9 Å². The van der Waals surface area contributed by atoms with Crippen LogP contribution in [0.15, 0.2) is 44.7 Å². The van der Waals surface area contributed by atoms with Crippen molar-refractivity contribution in [2.24, 2.45) is 5.10 Å². The minimum Gasteiger partial charge on any atom is -0.490 e. The number of halogens is 1. The van der Waals surface area contributed by atoms with Crippen molar-refractivity contribution >= 4 is 44.7 Å². The summed E-state index contributed by atoms with van der Waals surface area (Å²) in [6.45, 7) is 5.11. The molecule has 11 nitrogen and oxygen atoms in total. The molecule has 12 heteroatoms. The highest BCUT2D eigenvalue weighted by atomic mass is 79.9. The SMILES string of the molecule is CCOc1cc(C=Nn2c(C(C)C)nc3ccc(Br)cc3c2=O)cc([N+](=O)[O-])c1OCC(=O)OC. The van der Waals surface area contributed by atoms with Crippen LogP contribution in [-0.2, 0) is 9.53 Å². The van der Waals surface area contributed by atoms with Crippen LogP contribution in [-0.4, -0.2) is 47.1 Å². The van der Waals surface area contributed by atoms with Gasteiger partial charge in [-0.25, -0.2) is 9.78 Å². The van der Waals surface area contributed by atoms with Crippen molar-refractivity contribution in [3.63, 3.8) is 0 Å². The van der Waals surface area contributed by atoms with Gasteiger partial charge in [0.05, 0.1) is 35.8 Å². The quantitative estimate of drug-likeness (QED) is 0.170. The van der Waals surface area contributed by atoms with Crippen molar-refractivity contribution in [1.29, 1.82) is 0 Å². The van der Waals surface area contributed by atoms with Gasteiger partial charge in [-0.05, 0) is 31.2 Å².